The summed E-state index contributed by atoms with van der Waals surface area (Å²) in [7, 11) is 0. The summed E-state index contributed by atoms with van der Waals surface area (Å²) in [4.78, 5) is 15.5. The average molecular weight is 444 g/mol. The van der Waals surface area contributed by atoms with Gasteiger partial charge in [-0.05, 0) is 60.7 Å². The summed E-state index contributed by atoms with van der Waals surface area (Å²) < 4.78 is 38.5. The van der Waals surface area contributed by atoms with Crippen LogP contribution in [0.15, 0.2) is 67.0 Å². The molecular weight excluding hydrogens is 417 g/mol. The summed E-state index contributed by atoms with van der Waals surface area (Å²) in [5, 5.41) is 2.84. The van der Waals surface area contributed by atoms with Crippen LogP contribution in [0.1, 0.15) is 46.5 Å². The number of carbonyl (C=O) groups excluding carboxylic acids is 1. The van der Waals surface area contributed by atoms with Gasteiger partial charge in [-0.1, -0.05) is 49.7 Å². The van der Waals surface area contributed by atoms with Crippen molar-refractivity contribution in [1.29, 1.82) is 0 Å². The summed E-state index contributed by atoms with van der Waals surface area (Å²) in [6.07, 6.45) is 1.05. The monoisotopic (exact) mass is 444 g/mol. The number of halogens is 3. The Balaban J connectivity index is 0.000000227. The number of pyridine rings is 1. The first-order chi connectivity index (χ1) is 15.3. The highest BCUT2D eigenvalue weighted by Gasteiger charge is 2.30. The van der Waals surface area contributed by atoms with E-state index in [0.717, 1.165) is 29.5 Å². The van der Waals surface area contributed by atoms with Crippen LogP contribution in [0, 0.1) is 6.92 Å². The molecule has 32 heavy (non-hydrogen) atoms. The van der Waals surface area contributed by atoms with Gasteiger partial charge in [0, 0.05) is 24.5 Å². The Hall–Kier alpha value is -3.35. The topological polar surface area (TPSA) is 51.2 Å². The maximum Gasteiger partial charge on any atom is 0.573 e. The molecule has 2 aromatic carbocycles. The predicted molar refractivity (Wildman–Crippen MR) is 118 cm³/mol. The molecule has 1 aliphatic heterocycles. The van der Waals surface area contributed by atoms with Gasteiger partial charge in [0.2, 0.25) is 0 Å². The molecule has 1 N–H and O–H groups in total. The van der Waals surface area contributed by atoms with Gasteiger partial charge < -0.3 is 10.1 Å². The molecule has 0 unspecified atom stereocenters. The Morgan fingerprint density at radius 2 is 1.69 bits per heavy atom. The summed E-state index contributed by atoms with van der Waals surface area (Å²) in [6.45, 7) is 6.45. The van der Waals surface area contributed by atoms with Gasteiger partial charge in [-0.2, -0.15) is 0 Å². The number of rotatable bonds is 4. The Morgan fingerprint density at radius 1 is 1.00 bits per heavy atom. The van der Waals surface area contributed by atoms with Gasteiger partial charge in [-0.25, -0.2) is 0 Å². The molecule has 1 aliphatic rings. The number of ether oxygens (including phenoxy) is 1. The Labute approximate surface area is 186 Å². The van der Waals surface area contributed by atoms with E-state index in [1.165, 1.54) is 23.3 Å². The SMILES string of the molecule is CC.Cc1ccc(OC(F)(F)F)cc1.O=C1NCc2cc(CCc3cccnc3)ccc21. The van der Waals surface area contributed by atoms with Gasteiger partial charge >= 0.3 is 6.36 Å². The number of hydrogen-bond acceptors (Lipinski definition) is 3. The maximum absolute atomic E-state index is 11.6. The van der Waals surface area contributed by atoms with Crippen LogP contribution in [0.25, 0.3) is 0 Å². The summed E-state index contributed by atoms with van der Waals surface area (Å²) in [6, 6.07) is 15.8. The number of benzene rings is 2. The van der Waals surface area contributed by atoms with Crippen LogP contribution in [-0.2, 0) is 19.4 Å². The number of amides is 1. The maximum atomic E-state index is 11.6. The third-order valence-electron chi connectivity index (χ3n) is 4.53. The van der Waals surface area contributed by atoms with Crippen molar-refractivity contribution in [3.8, 4) is 5.75 Å². The zero-order chi connectivity index (χ0) is 23.6. The Morgan fingerprint density at radius 3 is 2.31 bits per heavy atom. The lowest BCUT2D eigenvalue weighted by molar-refractivity contribution is -0.274. The molecular formula is C25H27F3N2O2. The highest BCUT2D eigenvalue weighted by molar-refractivity contribution is 5.98. The van der Waals surface area contributed by atoms with E-state index in [1.807, 2.05) is 38.2 Å². The normalized spacial score (nSPS) is 11.9. The fraction of sp³-hybridized carbons (Fsp3) is 0.280. The molecule has 170 valence electrons. The minimum atomic E-state index is -4.60. The van der Waals surface area contributed by atoms with Crippen LogP contribution in [0.5, 0.6) is 5.75 Å². The van der Waals surface area contributed by atoms with Crippen LogP contribution >= 0.6 is 0 Å². The zero-order valence-electron chi connectivity index (χ0n) is 18.4. The van der Waals surface area contributed by atoms with E-state index in [-0.39, 0.29) is 11.7 Å². The number of hydrogen-bond donors (Lipinski definition) is 1. The fourth-order valence-electron chi connectivity index (χ4n) is 3.02. The molecule has 1 amide bonds. The van der Waals surface area contributed by atoms with Gasteiger partial charge in [-0.3, -0.25) is 9.78 Å². The van der Waals surface area contributed by atoms with Crippen LogP contribution in [0.3, 0.4) is 0 Å². The van der Waals surface area contributed by atoms with E-state index in [2.05, 4.69) is 27.2 Å². The van der Waals surface area contributed by atoms with Crippen molar-refractivity contribution in [2.24, 2.45) is 0 Å². The predicted octanol–water partition coefficient (Wildman–Crippen LogP) is 6.03. The minimum absolute atomic E-state index is 0.0452. The van der Waals surface area contributed by atoms with Crippen molar-refractivity contribution in [2.75, 3.05) is 0 Å². The highest BCUT2D eigenvalue weighted by Crippen LogP contribution is 2.22. The van der Waals surface area contributed by atoms with Gasteiger partial charge in [0.05, 0.1) is 0 Å². The molecule has 1 aromatic heterocycles. The largest absolute Gasteiger partial charge is 0.573 e. The third-order valence-corrected chi connectivity index (χ3v) is 4.53. The first-order valence-electron chi connectivity index (χ1n) is 10.4. The molecule has 0 fully saturated rings. The smallest absolute Gasteiger partial charge is 0.406 e. The highest BCUT2D eigenvalue weighted by atomic mass is 19.4. The molecule has 3 aromatic rings. The lowest BCUT2D eigenvalue weighted by Crippen LogP contribution is -2.16. The number of carbonyl (C=O) groups is 1. The van der Waals surface area contributed by atoms with Gasteiger partial charge in [0.15, 0.2) is 0 Å². The van der Waals surface area contributed by atoms with E-state index < -0.39 is 6.36 Å². The molecule has 0 atom stereocenters. The lowest BCUT2D eigenvalue weighted by atomic mass is 10.0. The number of nitrogens with zero attached hydrogens (tertiary/aromatic N) is 1. The van der Waals surface area contributed by atoms with Gasteiger partial charge in [0.1, 0.15) is 5.75 Å². The van der Waals surface area contributed by atoms with Crippen molar-refractivity contribution in [3.63, 3.8) is 0 Å². The van der Waals surface area contributed by atoms with E-state index in [4.69, 9.17) is 0 Å². The second-order valence-corrected chi connectivity index (χ2v) is 6.90. The van der Waals surface area contributed by atoms with Crippen molar-refractivity contribution in [2.45, 2.75) is 46.5 Å². The van der Waals surface area contributed by atoms with Crippen molar-refractivity contribution < 1.29 is 22.7 Å². The number of alkyl halides is 3. The summed E-state index contributed by atoms with van der Waals surface area (Å²) in [5.41, 5.74) is 5.34. The Kier molecular flexibility index (Phi) is 9.25. The third kappa shape index (κ3) is 8.06. The molecule has 0 spiro atoms. The second-order valence-electron chi connectivity index (χ2n) is 6.90. The molecule has 0 radical (unpaired) electrons. The Bertz CT molecular complexity index is 988. The zero-order valence-corrected chi connectivity index (χ0v) is 18.4. The van der Waals surface area contributed by atoms with Crippen molar-refractivity contribution in [3.05, 3.63) is 94.8 Å². The molecule has 7 heteroatoms. The van der Waals surface area contributed by atoms with Crippen molar-refractivity contribution >= 4 is 5.91 Å². The van der Waals surface area contributed by atoms with Crippen LogP contribution in [-0.4, -0.2) is 17.3 Å². The summed E-state index contributed by atoms with van der Waals surface area (Å²) >= 11 is 0. The van der Waals surface area contributed by atoms with Gasteiger partial charge in [0.25, 0.3) is 5.91 Å². The molecule has 0 aliphatic carbocycles. The van der Waals surface area contributed by atoms with E-state index in [0.29, 0.717) is 6.54 Å². The quantitative estimate of drug-likeness (QED) is 0.535. The standard InChI is InChI=1S/C15H14N2O.C8H7F3O.C2H6/c18-15-14-6-5-11(8-13(14)10-17-15)3-4-12-2-1-7-16-9-12;1-6-2-4-7(5-3-6)12-8(9,10)11;1-2/h1-2,5-9H,3-4,10H2,(H,17,18);2-5H,1H3;1-2H3. The molecule has 4 nitrogen and oxygen atoms in total. The number of fused-ring (bicyclic) bond motifs is 1. The van der Waals surface area contributed by atoms with Crippen molar-refractivity contribution in [1.82, 2.24) is 10.3 Å². The number of aryl methyl sites for hydroxylation is 3. The van der Waals surface area contributed by atoms with E-state index >= 15 is 0 Å². The molecule has 2 heterocycles. The first kappa shape index (κ1) is 24.9. The van der Waals surface area contributed by atoms with Crippen LogP contribution in [0.4, 0.5) is 13.2 Å². The van der Waals surface area contributed by atoms with Crippen LogP contribution in [0.2, 0.25) is 0 Å². The average Bonchev–Trinajstić information content (AvgIpc) is 3.16. The molecule has 0 saturated carbocycles. The van der Waals surface area contributed by atoms with E-state index in [9.17, 15) is 18.0 Å². The summed E-state index contributed by atoms with van der Waals surface area (Å²) in [5.74, 6) is -0.142. The van der Waals surface area contributed by atoms with Gasteiger partial charge in [-0.15, -0.1) is 13.2 Å². The number of aromatic nitrogens is 1. The fourth-order valence-corrected chi connectivity index (χ4v) is 3.02. The molecule has 0 saturated heterocycles. The molecule has 4 rings (SSSR count). The second kappa shape index (κ2) is 11.9. The van der Waals surface area contributed by atoms with Crippen LogP contribution < -0.4 is 10.1 Å². The van der Waals surface area contributed by atoms with E-state index in [1.54, 1.807) is 25.3 Å². The first-order valence-corrected chi connectivity index (χ1v) is 10.4. The molecule has 0 bridgehead atoms. The minimum Gasteiger partial charge on any atom is -0.406 e. The number of nitrogens with one attached hydrogen (secondary N) is 1. The lowest BCUT2D eigenvalue weighted by Gasteiger charge is -2.08.